The summed E-state index contributed by atoms with van der Waals surface area (Å²) in [6.07, 6.45) is 1.25. The lowest BCUT2D eigenvalue weighted by Crippen LogP contribution is -2.34. The summed E-state index contributed by atoms with van der Waals surface area (Å²) in [6.45, 7) is 8.02. The van der Waals surface area contributed by atoms with Crippen molar-refractivity contribution in [2.24, 2.45) is 0 Å². The van der Waals surface area contributed by atoms with Crippen molar-refractivity contribution in [1.29, 1.82) is 0 Å². The lowest BCUT2D eigenvalue weighted by atomic mass is 9.96. The van der Waals surface area contributed by atoms with Crippen molar-refractivity contribution in [3.63, 3.8) is 0 Å². The van der Waals surface area contributed by atoms with E-state index in [1.54, 1.807) is 0 Å². The molecule has 1 fully saturated rings. The Bertz CT molecular complexity index is 1010. The van der Waals surface area contributed by atoms with Crippen molar-refractivity contribution in [2.75, 3.05) is 18.6 Å². The number of hydrogen-bond acceptors (Lipinski definition) is 5. The summed E-state index contributed by atoms with van der Waals surface area (Å²) in [5.41, 5.74) is 3.25. The number of amides is 2. The minimum atomic E-state index is -0.552. The van der Waals surface area contributed by atoms with Crippen LogP contribution in [0.5, 0.6) is 0 Å². The zero-order valence-corrected chi connectivity index (χ0v) is 20.6. The van der Waals surface area contributed by atoms with Gasteiger partial charge in [0.2, 0.25) is 5.91 Å². The molecule has 0 radical (unpaired) electrons. The standard InChI is InChI=1S/C27H34N2O5/c1-18(28-26(32)34-27(2,3)4)20-11-13-22(14-12-20)29-17-16-23(25(29)31)21-9-6-19(7-10-21)8-15-24(30)33-5/h6-7,9-14,18,23H,8,15-17H2,1-5H3,(H,28,32). The van der Waals surface area contributed by atoms with Gasteiger partial charge in [0.25, 0.3) is 0 Å². The first-order chi connectivity index (χ1) is 16.1. The van der Waals surface area contributed by atoms with E-state index in [-0.39, 0.29) is 23.8 Å². The molecule has 1 saturated heterocycles. The minimum Gasteiger partial charge on any atom is -0.469 e. The maximum Gasteiger partial charge on any atom is 0.408 e. The van der Waals surface area contributed by atoms with E-state index in [4.69, 9.17) is 4.74 Å². The highest BCUT2D eigenvalue weighted by molar-refractivity contribution is 6.00. The van der Waals surface area contributed by atoms with E-state index in [0.29, 0.717) is 19.4 Å². The second-order valence-corrected chi connectivity index (χ2v) is 9.61. The first-order valence-corrected chi connectivity index (χ1v) is 11.6. The van der Waals surface area contributed by atoms with Crippen molar-refractivity contribution in [3.8, 4) is 0 Å². The predicted molar refractivity (Wildman–Crippen MR) is 131 cm³/mol. The first-order valence-electron chi connectivity index (χ1n) is 11.6. The third-order valence-electron chi connectivity index (χ3n) is 5.87. The molecule has 7 heteroatoms. The lowest BCUT2D eigenvalue weighted by Gasteiger charge is -2.22. The molecule has 2 aromatic carbocycles. The van der Waals surface area contributed by atoms with E-state index in [0.717, 1.165) is 28.8 Å². The number of nitrogens with one attached hydrogen (secondary N) is 1. The first kappa shape index (κ1) is 25.3. The van der Waals surface area contributed by atoms with Crippen LogP contribution >= 0.6 is 0 Å². The van der Waals surface area contributed by atoms with E-state index in [9.17, 15) is 14.4 Å². The molecule has 0 aromatic heterocycles. The summed E-state index contributed by atoms with van der Waals surface area (Å²) in [5, 5.41) is 2.83. The van der Waals surface area contributed by atoms with Gasteiger partial charge in [0.15, 0.2) is 0 Å². The number of ether oxygens (including phenoxy) is 2. The molecule has 2 aromatic rings. The second kappa shape index (κ2) is 10.7. The SMILES string of the molecule is COC(=O)CCc1ccc(C2CCN(c3ccc(C(C)NC(=O)OC(C)(C)C)cc3)C2=O)cc1. The number of carbonyl (C=O) groups excluding carboxylic acids is 3. The fraction of sp³-hybridized carbons (Fsp3) is 0.444. The van der Waals surface area contributed by atoms with Crippen LogP contribution in [-0.4, -0.2) is 37.2 Å². The van der Waals surface area contributed by atoms with Crippen LogP contribution < -0.4 is 10.2 Å². The topological polar surface area (TPSA) is 84.9 Å². The second-order valence-electron chi connectivity index (χ2n) is 9.61. The molecule has 2 amide bonds. The molecule has 0 spiro atoms. The number of esters is 1. The fourth-order valence-electron chi connectivity index (χ4n) is 4.02. The molecule has 182 valence electrons. The Kier molecular flexibility index (Phi) is 7.97. The smallest absolute Gasteiger partial charge is 0.408 e. The molecule has 0 bridgehead atoms. The third kappa shape index (κ3) is 6.59. The molecular formula is C27H34N2O5. The zero-order chi connectivity index (χ0) is 24.9. The zero-order valence-electron chi connectivity index (χ0n) is 20.6. The molecular weight excluding hydrogens is 432 g/mol. The van der Waals surface area contributed by atoms with Gasteiger partial charge in [0, 0.05) is 18.7 Å². The number of benzene rings is 2. The predicted octanol–water partition coefficient (Wildman–Crippen LogP) is 4.90. The largest absolute Gasteiger partial charge is 0.469 e. The maximum atomic E-state index is 13.1. The number of carbonyl (C=O) groups is 3. The Morgan fingerprint density at radius 2 is 1.74 bits per heavy atom. The van der Waals surface area contributed by atoms with Gasteiger partial charge >= 0.3 is 12.1 Å². The average molecular weight is 467 g/mol. The van der Waals surface area contributed by atoms with Crippen LogP contribution in [0.25, 0.3) is 0 Å². The summed E-state index contributed by atoms with van der Waals surface area (Å²) in [6, 6.07) is 15.4. The fourth-order valence-corrected chi connectivity index (χ4v) is 4.02. The summed E-state index contributed by atoms with van der Waals surface area (Å²) in [5.74, 6) is -0.330. The van der Waals surface area contributed by atoms with Crippen LogP contribution in [0.1, 0.15) is 69.2 Å². The van der Waals surface area contributed by atoms with Gasteiger partial charge in [-0.05, 0) is 69.4 Å². The van der Waals surface area contributed by atoms with E-state index in [2.05, 4.69) is 10.1 Å². The number of nitrogens with zero attached hydrogens (tertiary/aromatic N) is 1. The van der Waals surface area contributed by atoms with Gasteiger partial charge in [0.05, 0.1) is 19.1 Å². The van der Waals surface area contributed by atoms with Crippen molar-refractivity contribution < 1.29 is 23.9 Å². The van der Waals surface area contributed by atoms with E-state index < -0.39 is 11.7 Å². The average Bonchev–Trinajstić information content (AvgIpc) is 3.17. The Hall–Kier alpha value is -3.35. The van der Waals surface area contributed by atoms with Gasteiger partial charge in [-0.3, -0.25) is 9.59 Å². The van der Waals surface area contributed by atoms with Crippen LogP contribution in [0.15, 0.2) is 48.5 Å². The Morgan fingerprint density at radius 1 is 1.09 bits per heavy atom. The van der Waals surface area contributed by atoms with E-state index in [1.807, 2.05) is 81.1 Å². The van der Waals surface area contributed by atoms with Crippen molar-refractivity contribution in [3.05, 3.63) is 65.2 Å². The van der Waals surface area contributed by atoms with E-state index in [1.165, 1.54) is 7.11 Å². The summed E-state index contributed by atoms with van der Waals surface area (Å²) in [7, 11) is 1.39. The highest BCUT2D eigenvalue weighted by Gasteiger charge is 2.33. The van der Waals surface area contributed by atoms with Crippen LogP contribution in [0, 0.1) is 0 Å². The van der Waals surface area contributed by atoms with Crippen molar-refractivity contribution in [2.45, 2.75) is 64.5 Å². The molecule has 2 atom stereocenters. The molecule has 0 saturated carbocycles. The van der Waals surface area contributed by atoms with Gasteiger partial charge in [0.1, 0.15) is 5.60 Å². The van der Waals surface area contributed by atoms with Gasteiger partial charge in [-0.2, -0.15) is 0 Å². The van der Waals surface area contributed by atoms with Gasteiger partial charge in [-0.1, -0.05) is 36.4 Å². The van der Waals surface area contributed by atoms with Crippen LogP contribution in [0.3, 0.4) is 0 Å². The highest BCUT2D eigenvalue weighted by atomic mass is 16.6. The van der Waals surface area contributed by atoms with Gasteiger partial charge in [-0.15, -0.1) is 0 Å². The molecule has 1 aliphatic heterocycles. The third-order valence-corrected chi connectivity index (χ3v) is 5.87. The Balaban J connectivity index is 1.60. The number of methoxy groups -OCH3 is 1. The molecule has 2 unspecified atom stereocenters. The summed E-state index contributed by atoms with van der Waals surface area (Å²) < 4.78 is 10.0. The maximum absolute atomic E-state index is 13.1. The minimum absolute atomic E-state index is 0.0787. The number of rotatable bonds is 7. The Labute approximate surface area is 201 Å². The highest BCUT2D eigenvalue weighted by Crippen LogP contribution is 2.33. The van der Waals surface area contributed by atoms with Crippen LogP contribution in [-0.2, 0) is 25.5 Å². The van der Waals surface area contributed by atoms with Gasteiger partial charge in [-0.25, -0.2) is 4.79 Å². The molecule has 1 N–H and O–H groups in total. The summed E-state index contributed by atoms with van der Waals surface area (Å²) in [4.78, 5) is 38.3. The van der Waals surface area contributed by atoms with Gasteiger partial charge < -0.3 is 19.7 Å². The molecule has 7 nitrogen and oxygen atoms in total. The molecule has 1 aliphatic rings. The normalized spacial score (nSPS) is 16.8. The summed E-state index contributed by atoms with van der Waals surface area (Å²) >= 11 is 0. The lowest BCUT2D eigenvalue weighted by molar-refractivity contribution is -0.140. The number of alkyl carbamates (subject to hydrolysis) is 1. The molecule has 0 aliphatic carbocycles. The monoisotopic (exact) mass is 466 g/mol. The van der Waals surface area contributed by atoms with Crippen LogP contribution in [0.2, 0.25) is 0 Å². The quantitative estimate of drug-likeness (QED) is 0.587. The number of hydrogen-bond donors (Lipinski definition) is 1. The molecule has 3 rings (SSSR count). The number of anilines is 1. The molecule has 1 heterocycles. The van der Waals surface area contributed by atoms with E-state index >= 15 is 0 Å². The van der Waals surface area contributed by atoms with Crippen LogP contribution in [0.4, 0.5) is 10.5 Å². The molecule has 34 heavy (non-hydrogen) atoms. The van der Waals surface area contributed by atoms with Crippen molar-refractivity contribution >= 4 is 23.7 Å². The number of aryl methyl sites for hydroxylation is 1. The Morgan fingerprint density at radius 3 is 2.32 bits per heavy atom. The van der Waals surface area contributed by atoms with Crippen molar-refractivity contribution in [1.82, 2.24) is 5.32 Å².